The molecule has 0 bridgehead atoms. The third-order valence-corrected chi connectivity index (χ3v) is 7.58. The number of aliphatic hydroxyl groups is 4. The van der Waals surface area contributed by atoms with Crippen LogP contribution in [0.25, 0.3) is 22.6 Å². The number of aryl methyl sites for hydroxylation is 1. The van der Waals surface area contributed by atoms with E-state index in [9.17, 15) is 49.2 Å². The SMILES string of the molecule is CC(=O)c1c(C(C(C)=O)(C(C)=O)C(C)=O)c(C)cc2nc3c(=O)n(SC#N)c(=O)nc-3n(C[C@@H](O)[C@@H](O)[C@@H](O)CO)c12. The van der Waals surface area contributed by atoms with E-state index in [1.807, 2.05) is 0 Å². The summed E-state index contributed by atoms with van der Waals surface area (Å²) < 4.78 is 1.39. The number of aromatic nitrogens is 4. The molecule has 0 spiro atoms. The lowest BCUT2D eigenvalue weighted by atomic mass is 9.67. The highest BCUT2D eigenvalue weighted by molar-refractivity contribution is 8.02. The molecule has 222 valence electrons. The zero-order valence-electron chi connectivity index (χ0n) is 23.1. The highest BCUT2D eigenvalue weighted by Gasteiger charge is 2.50. The van der Waals surface area contributed by atoms with Crippen molar-refractivity contribution in [3.63, 3.8) is 0 Å². The lowest BCUT2D eigenvalue weighted by molar-refractivity contribution is -0.140. The molecule has 16 heteroatoms. The van der Waals surface area contributed by atoms with Gasteiger partial charge in [0.25, 0.3) is 5.56 Å². The fourth-order valence-corrected chi connectivity index (χ4v) is 5.55. The van der Waals surface area contributed by atoms with Crippen LogP contribution in [0.3, 0.4) is 0 Å². The number of hydrogen-bond donors (Lipinski definition) is 4. The number of hydrogen-bond acceptors (Lipinski definition) is 14. The summed E-state index contributed by atoms with van der Waals surface area (Å²) in [5, 5.41) is 50.9. The first-order valence-corrected chi connectivity index (χ1v) is 13.1. The first kappa shape index (κ1) is 32.4. The predicted molar refractivity (Wildman–Crippen MR) is 147 cm³/mol. The van der Waals surface area contributed by atoms with E-state index < -0.39 is 82.8 Å². The van der Waals surface area contributed by atoms with Gasteiger partial charge in [-0.1, -0.05) is 0 Å². The fourth-order valence-electron chi connectivity index (χ4n) is 5.18. The van der Waals surface area contributed by atoms with Crippen molar-refractivity contribution < 1.29 is 39.6 Å². The van der Waals surface area contributed by atoms with Crippen LogP contribution in [0.5, 0.6) is 0 Å². The molecule has 0 aromatic heterocycles. The Morgan fingerprint density at radius 2 is 1.60 bits per heavy atom. The molecule has 0 saturated carbocycles. The van der Waals surface area contributed by atoms with E-state index in [2.05, 4.69) is 9.97 Å². The second-order valence-electron chi connectivity index (χ2n) is 9.66. The summed E-state index contributed by atoms with van der Waals surface area (Å²) in [5.74, 6) is -3.95. The Morgan fingerprint density at radius 1 is 1.02 bits per heavy atom. The number of aliphatic hydroxyl groups excluding tert-OH is 4. The number of thiocyanates is 1. The summed E-state index contributed by atoms with van der Waals surface area (Å²) in [6.07, 6.45) is -5.71. The molecule has 15 nitrogen and oxygen atoms in total. The number of benzene rings is 1. The van der Waals surface area contributed by atoms with Crippen molar-refractivity contribution in [1.82, 2.24) is 18.5 Å². The van der Waals surface area contributed by atoms with Crippen LogP contribution in [0.1, 0.15) is 49.2 Å². The number of carbonyl (C=O) groups excluding carboxylic acids is 4. The van der Waals surface area contributed by atoms with Gasteiger partial charge in [0.05, 0.1) is 36.1 Å². The standard InChI is InChI=1S/C26H27N5O10S/c1-10-6-15-21(18(11(2)33)19(10)26(12(3)34,13(4)35)14(5)36)30(7-16(37)22(39)17(38)8-32)23-20(28-15)24(40)31(42-9-27)25(41)29-23/h6,16-17,22,32,37-39H,7-8H2,1-5H3/t16-,17+,22-/m1/s1. The Hall–Kier alpha value is -4.14. The zero-order chi connectivity index (χ0) is 31.8. The van der Waals surface area contributed by atoms with Gasteiger partial charge in [0.1, 0.15) is 18.3 Å². The Kier molecular flexibility index (Phi) is 9.25. The van der Waals surface area contributed by atoms with Crippen molar-refractivity contribution >= 4 is 46.1 Å². The minimum absolute atomic E-state index is 0.100. The quantitative estimate of drug-likeness (QED) is 0.0857. The molecule has 0 fully saturated rings. The fraction of sp³-hybridized carbons (Fsp3) is 0.423. The van der Waals surface area contributed by atoms with Gasteiger partial charge in [0.2, 0.25) is 0 Å². The molecule has 2 heterocycles. The predicted octanol–water partition coefficient (Wildman–Crippen LogP) is -1.37. The molecule has 42 heavy (non-hydrogen) atoms. The van der Waals surface area contributed by atoms with E-state index >= 15 is 0 Å². The van der Waals surface area contributed by atoms with Gasteiger partial charge in [0.15, 0.2) is 45.5 Å². The molecule has 0 saturated heterocycles. The van der Waals surface area contributed by atoms with Gasteiger partial charge in [-0.2, -0.15) is 14.2 Å². The van der Waals surface area contributed by atoms with Gasteiger partial charge >= 0.3 is 5.69 Å². The lowest BCUT2D eigenvalue weighted by Crippen LogP contribution is -2.49. The van der Waals surface area contributed by atoms with Gasteiger partial charge in [-0.05, 0) is 51.8 Å². The smallest absolute Gasteiger partial charge is 0.363 e. The van der Waals surface area contributed by atoms with E-state index in [1.165, 1.54) is 13.0 Å². The monoisotopic (exact) mass is 601 g/mol. The van der Waals surface area contributed by atoms with E-state index in [0.717, 1.165) is 32.3 Å². The van der Waals surface area contributed by atoms with E-state index in [0.29, 0.717) is 3.97 Å². The Labute approximate surface area is 241 Å². The number of nitriles is 1. The van der Waals surface area contributed by atoms with Crippen LogP contribution in [0, 0.1) is 17.6 Å². The largest absolute Gasteiger partial charge is 0.394 e. The molecule has 4 N–H and O–H groups in total. The van der Waals surface area contributed by atoms with Crippen LogP contribution in [-0.2, 0) is 26.3 Å². The molecule has 3 rings (SSSR count). The highest BCUT2D eigenvalue weighted by atomic mass is 32.2. The second kappa shape index (κ2) is 12.0. The molecule has 0 unspecified atom stereocenters. The van der Waals surface area contributed by atoms with Gasteiger partial charge in [-0.3, -0.25) is 24.0 Å². The number of ketones is 4. The Morgan fingerprint density at radius 3 is 2.07 bits per heavy atom. The second-order valence-corrected chi connectivity index (χ2v) is 10.4. The molecule has 3 atom stereocenters. The molecule has 0 aliphatic carbocycles. The van der Waals surface area contributed by atoms with Crippen molar-refractivity contribution in [2.45, 2.75) is 64.9 Å². The summed E-state index contributed by atoms with van der Waals surface area (Å²) in [7, 11) is 0. The van der Waals surface area contributed by atoms with Crippen LogP contribution in [0.2, 0.25) is 0 Å². The molecule has 1 aromatic rings. The van der Waals surface area contributed by atoms with Crippen molar-refractivity contribution in [2.24, 2.45) is 0 Å². The van der Waals surface area contributed by atoms with Crippen molar-refractivity contribution in [2.75, 3.05) is 6.61 Å². The topological polar surface area (TPSA) is 243 Å². The summed E-state index contributed by atoms with van der Waals surface area (Å²) in [4.78, 5) is 86.5. The van der Waals surface area contributed by atoms with E-state index in [-0.39, 0.29) is 39.7 Å². The normalized spacial score (nSPS) is 13.9. The van der Waals surface area contributed by atoms with Gasteiger partial charge in [-0.25, -0.2) is 9.78 Å². The molecule has 0 amide bonds. The molecular weight excluding hydrogens is 574 g/mol. The number of carbonyl (C=O) groups is 4. The zero-order valence-corrected chi connectivity index (χ0v) is 23.9. The lowest BCUT2D eigenvalue weighted by Gasteiger charge is -2.32. The number of Topliss-reactive ketones (excluding diaryl/α,β-unsaturated/α-hetero) is 4. The average molecular weight is 602 g/mol. The van der Waals surface area contributed by atoms with Crippen LogP contribution < -0.4 is 11.2 Å². The number of nitrogens with zero attached hydrogens (tertiary/aromatic N) is 5. The van der Waals surface area contributed by atoms with Crippen LogP contribution >= 0.6 is 11.9 Å². The van der Waals surface area contributed by atoms with Crippen LogP contribution in [-0.4, -0.2) is 87.0 Å². The minimum atomic E-state index is -2.43. The molecule has 2 aliphatic rings. The van der Waals surface area contributed by atoms with Crippen LogP contribution in [0.15, 0.2) is 15.7 Å². The third kappa shape index (κ3) is 5.05. The summed E-state index contributed by atoms with van der Waals surface area (Å²) in [6, 6.07) is 1.29. The summed E-state index contributed by atoms with van der Waals surface area (Å²) in [6.45, 7) is 3.82. The maximum Gasteiger partial charge on any atom is 0.363 e. The first-order valence-electron chi connectivity index (χ1n) is 12.3. The molecule has 2 aliphatic heterocycles. The van der Waals surface area contributed by atoms with E-state index in [4.69, 9.17) is 5.26 Å². The average Bonchev–Trinajstić information content (AvgIpc) is 2.90. The van der Waals surface area contributed by atoms with Gasteiger partial charge in [-0.15, -0.1) is 0 Å². The molecular formula is C26H27N5O10S. The highest BCUT2D eigenvalue weighted by Crippen LogP contribution is 2.39. The van der Waals surface area contributed by atoms with Crippen molar-refractivity contribution in [3.8, 4) is 16.9 Å². The maximum atomic E-state index is 13.3. The molecule has 1 aromatic carbocycles. The Bertz CT molecular complexity index is 1740. The maximum absolute atomic E-state index is 13.3. The van der Waals surface area contributed by atoms with E-state index in [1.54, 1.807) is 5.40 Å². The van der Waals surface area contributed by atoms with Crippen LogP contribution in [0.4, 0.5) is 0 Å². The number of fused-ring (bicyclic) bond motifs is 2. The first-order chi connectivity index (χ1) is 19.6. The summed E-state index contributed by atoms with van der Waals surface area (Å²) >= 11 is 0.176. The minimum Gasteiger partial charge on any atom is -0.394 e. The van der Waals surface area contributed by atoms with Gasteiger partial charge in [0, 0.05) is 5.56 Å². The van der Waals surface area contributed by atoms with Crippen molar-refractivity contribution in [3.05, 3.63) is 43.6 Å². The third-order valence-electron chi connectivity index (χ3n) is 7.00. The number of rotatable bonds is 11. The van der Waals surface area contributed by atoms with Gasteiger partial charge < -0.3 is 25.0 Å². The molecule has 0 radical (unpaired) electrons. The summed E-state index contributed by atoms with van der Waals surface area (Å²) in [5.41, 5.74) is -6.16. The van der Waals surface area contributed by atoms with Crippen molar-refractivity contribution in [1.29, 1.82) is 5.26 Å². The Balaban J connectivity index is 2.72.